The molecule has 32 heavy (non-hydrogen) atoms. The first-order valence-corrected chi connectivity index (χ1v) is 10.8. The molecular formula is C18H14Cl2F6N2O3S. The second-order valence-corrected chi connectivity index (χ2v) is 9.10. The Hall–Kier alpha value is -2.02. The number of alkyl halides is 6. The number of hydrogen-bond donors (Lipinski definition) is 1. The minimum atomic E-state index is -5.11. The van der Waals surface area contributed by atoms with Crippen molar-refractivity contribution in [2.75, 3.05) is 18.4 Å². The molecule has 14 heteroatoms. The van der Waals surface area contributed by atoms with E-state index < -0.39 is 56.5 Å². The lowest BCUT2D eigenvalue weighted by Crippen LogP contribution is -2.38. The van der Waals surface area contributed by atoms with Gasteiger partial charge in [-0.3, -0.25) is 4.79 Å². The SMILES string of the molecule is CCN(CC(=O)Nc1cc(C(F)(F)F)cc(C(F)(F)F)c1)S(=O)(=O)c1cc(Cl)ccc1Cl. The average Bonchev–Trinajstić information content (AvgIpc) is 2.66. The largest absolute Gasteiger partial charge is 0.416 e. The Balaban J connectivity index is 2.33. The first kappa shape index (κ1) is 26.2. The van der Waals surface area contributed by atoms with Crippen molar-refractivity contribution in [3.8, 4) is 0 Å². The first-order chi connectivity index (χ1) is 14.6. The molecule has 0 aromatic heterocycles. The molecule has 0 heterocycles. The molecule has 0 radical (unpaired) electrons. The molecule has 2 aromatic rings. The Labute approximate surface area is 189 Å². The van der Waals surface area contributed by atoms with Crippen LogP contribution in [0.15, 0.2) is 41.3 Å². The lowest BCUT2D eigenvalue weighted by atomic mass is 10.1. The standard InChI is InChI=1S/C18H14Cl2F6N2O3S/c1-2-28(32(30,31)15-8-12(19)3-4-14(15)20)9-16(29)27-13-6-10(17(21,22)23)5-11(7-13)18(24,25)26/h3-8H,2,9H2,1H3,(H,27,29). The second kappa shape index (κ2) is 9.46. The molecule has 0 atom stereocenters. The van der Waals surface area contributed by atoms with Gasteiger partial charge >= 0.3 is 12.4 Å². The summed E-state index contributed by atoms with van der Waals surface area (Å²) in [5.74, 6) is -1.17. The van der Waals surface area contributed by atoms with Gasteiger partial charge in [0.2, 0.25) is 15.9 Å². The predicted octanol–water partition coefficient (Wildman–Crippen LogP) is 5.68. The molecular weight excluding hydrogens is 509 g/mol. The van der Waals surface area contributed by atoms with Crippen molar-refractivity contribution in [2.45, 2.75) is 24.2 Å². The van der Waals surface area contributed by atoms with Gasteiger partial charge in [-0.2, -0.15) is 30.6 Å². The fourth-order valence-electron chi connectivity index (χ4n) is 2.57. The van der Waals surface area contributed by atoms with E-state index in [0.717, 1.165) is 6.07 Å². The highest BCUT2D eigenvalue weighted by atomic mass is 35.5. The van der Waals surface area contributed by atoms with Crippen molar-refractivity contribution >= 4 is 44.8 Å². The Morgan fingerprint density at radius 3 is 1.97 bits per heavy atom. The zero-order valence-electron chi connectivity index (χ0n) is 16.0. The van der Waals surface area contributed by atoms with Gasteiger partial charge in [-0.25, -0.2) is 8.42 Å². The monoisotopic (exact) mass is 522 g/mol. The van der Waals surface area contributed by atoms with Gasteiger partial charge in [0.25, 0.3) is 0 Å². The van der Waals surface area contributed by atoms with Crippen LogP contribution in [0.4, 0.5) is 32.0 Å². The van der Waals surface area contributed by atoms with Crippen LogP contribution in [0.1, 0.15) is 18.1 Å². The van der Waals surface area contributed by atoms with Crippen molar-refractivity contribution in [3.05, 3.63) is 57.6 Å². The maximum Gasteiger partial charge on any atom is 0.416 e. The van der Waals surface area contributed by atoms with Crippen LogP contribution in [0.5, 0.6) is 0 Å². The number of nitrogens with zero attached hydrogens (tertiary/aromatic N) is 1. The number of likely N-dealkylation sites (N-methyl/N-ethyl adjacent to an activating group) is 1. The normalized spacial score (nSPS) is 12.8. The second-order valence-electron chi connectivity index (χ2n) is 6.35. The van der Waals surface area contributed by atoms with Gasteiger partial charge in [0.15, 0.2) is 0 Å². The quantitative estimate of drug-likeness (QED) is 0.496. The Kier molecular flexibility index (Phi) is 7.75. The molecule has 0 unspecified atom stereocenters. The number of halogens is 8. The van der Waals surface area contributed by atoms with E-state index in [2.05, 4.69) is 0 Å². The summed E-state index contributed by atoms with van der Waals surface area (Å²) in [5.41, 5.74) is -4.06. The molecule has 1 amide bonds. The summed E-state index contributed by atoms with van der Waals surface area (Å²) >= 11 is 11.7. The van der Waals surface area contributed by atoms with Gasteiger partial charge in [0.05, 0.1) is 22.7 Å². The molecule has 0 fully saturated rings. The van der Waals surface area contributed by atoms with Crippen LogP contribution in [0.2, 0.25) is 10.0 Å². The molecule has 2 rings (SSSR count). The highest BCUT2D eigenvalue weighted by Crippen LogP contribution is 2.37. The van der Waals surface area contributed by atoms with Gasteiger partial charge in [0.1, 0.15) is 4.90 Å². The molecule has 0 aliphatic heterocycles. The number of carbonyl (C=O) groups excluding carboxylic acids is 1. The number of hydrogen-bond acceptors (Lipinski definition) is 3. The van der Waals surface area contributed by atoms with Gasteiger partial charge in [-0.15, -0.1) is 0 Å². The lowest BCUT2D eigenvalue weighted by Gasteiger charge is -2.21. The predicted molar refractivity (Wildman–Crippen MR) is 106 cm³/mol. The number of sulfonamides is 1. The molecule has 1 N–H and O–H groups in total. The maximum atomic E-state index is 13.0. The summed E-state index contributed by atoms with van der Waals surface area (Å²) in [6.45, 7) is 0.212. The van der Waals surface area contributed by atoms with Crippen molar-refractivity contribution in [1.82, 2.24) is 4.31 Å². The molecule has 2 aromatic carbocycles. The number of nitrogens with one attached hydrogen (secondary N) is 1. The zero-order chi connectivity index (χ0) is 24.5. The third-order valence-electron chi connectivity index (χ3n) is 4.06. The van der Waals surface area contributed by atoms with Gasteiger partial charge < -0.3 is 5.32 Å². The van der Waals surface area contributed by atoms with Crippen LogP contribution in [0.3, 0.4) is 0 Å². The maximum absolute atomic E-state index is 13.0. The summed E-state index contributed by atoms with van der Waals surface area (Å²) in [7, 11) is -4.36. The molecule has 5 nitrogen and oxygen atoms in total. The van der Waals surface area contributed by atoms with Gasteiger partial charge in [-0.05, 0) is 36.4 Å². The Morgan fingerprint density at radius 2 is 1.50 bits per heavy atom. The average molecular weight is 523 g/mol. The fourth-order valence-corrected chi connectivity index (χ4v) is 4.71. The zero-order valence-corrected chi connectivity index (χ0v) is 18.3. The Morgan fingerprint density at radius 1 is 0.969 bits per heavy atom. The van der Waals surface area contributed by atoms with Crippen molar-refractivity contribution < 1.29 is 39.6 Å². The minimum Gasteiger partial charge on any atom is -0.325 e. The third kappa shape index (κ3) is 6.27. The number of anilines is 1. The number of carbonyl (C=O) groups is 1. The van der Waals surface area contributed by atoms with Crippen LogP contribution < -0.4 is 5.32 Å². The van der Waals surface area contributed by atoms with Crippen molar-refractivity contribution in [3.63, 3.8) is 0 Å². The topological polar surface area (TPSA) is 66.5 Å². The Bertz CT molecular complexity index is 1090. The van der Waals surface area contributed by atoms with E-state index in [9.17, 15) is 39.6 Å². The van der Waals surface area contributed by atoms with E-state index in [-0.39, 0.29) is 22.7 Å². The number of benzene rings is 2. The summed E-state index contributed by atoms with van der Waals surface area (Å²) in [6.07, 6.45) is -10.2. The molecule has 176 valence electrons. The van der Waals surface area contributed by atoms with Crippen molar-refractivity contribution in [2.24, 2.45) is 0 Å². The van der Waals surface area contributed by atoms with E-state index in [1.54, 1.807) is 0 Å². The van der Waals surface area contributed by atoms with E-state index in [4.69, 9.17) is 23.2 Å². The number of rotatable bonds is 6. The van der Waals surface area contributed by atoms with E-state index in [1.807, 2.05) is 5.32 Å². The van der Waals surface area contributed by atoms with Gasteiger partial charge in [-0.1, -0.05) is 30.1 Å². The molecule has 0 bridgehead atoms. The van der Waals surface area contributed by atoms with E-state index in [1.165, 1.54) is 19.1 Å². The third-order valence-corrected chi connectivity index (χ3v) is 6.69. The molecule has 0 saturated heterocycles. The number of amides is 1. The van der Waals surface area contributed by atoms with Crippen LogP contribution >= 0.6 is 23.2 Å². The highest BCUT2D eigenvalue weighted by Gasteiger charge is 2.37. The summed E-state index contributed by atoms with van der Waals surface area (Å²) in [4.78, 5) is 11.9. The lowest BCUT2D eigenvalue weighted by molar-refractivity contribution is -0.143. The van der Waals surface area contributed by atoms with Crippen LogP contribution in [0.25, 0.3) is 0 Å². The van der Waals surface area contributed by atoms with Crippen LogP contribution in [0, 0.1) is 0 Å². The molecule has 0 aliphatic carbocycles. The summed E-state index contributed by atoms with van der Waals surface area (Å²) < 4.78 is 104. The highest BCUT2D eigenvalue weighted by molar-refractivity contribution is 7.89. The molecule has 0 spiro atoms. The molecule has 0 saturated carbocycles. The summed E-state index contributed by atoms with van der Waals surface area (Å²) in [6, 6.07) is 4.11. The van der Waals surface area contributed by atoms with E-state index >= 15 is 0 Å². The fraction of sp³-hybridized carbons (Fsp3) is 0.278. The van der Waals surface area contributed by atoms with Crippen LogP contribution in [-0.2, 0) is 27.2 Å². The van der Waals surface area contributed by atoms with Crippen LogP contribution in [-0.4, -0.2) is 31.7 Å². The van der Waals surface area contributed by atoms with E-state index in [0.29, 0.717) is 16.4 Å². The smallest absolute Gasteiger partial charge is 0.325 e. The van der Waals surface area contributed by atoms with Crippen molar-refractivity contribution in [1.29, 1.82) is 0 Å². The molecule has 0 aliphatic rings. The summed E-state index contributed by atoms with van der Waals surface area (Å²) in [5, 5.41) is 1.72. The minimum absolute atomic E-state index is 0.0390. The van der Waals surface area contributed by atoms with Gasteiger partial charge in [0, 0.05) is 17.3 Å². The first-order valence-electron chi connectivity index (χ1n) is 8.60.